The molecule has 3 nitrogen and oxygen atoms in total. The molecule has 0 saturated carbocycles. The molecule has 3 fully saturated rings. The molecule has 3 aliphatic heterocycles. The van der Waals surface area contributed by atoms with Gasteiger partial charge in [0.15, 0.2) is 0 Å². The van der Waals surface area contributed by atoms with E-state index in [1.54, 1.807) is 0 Å². The molecule has 0 aliphatic carbocycles. The lowest BCUT2D eigenvalue weighted by Crippen LogP contribution is -2.36. The first kappa shape index (κ1) is 5.52. The summed E-state index contributed by atoms with van der Waals surface area (Å²) in [5.74, 6) is 0.582. The molecule has 0 amide bonds. The summed E-state index contributed by atoms with van der Waals surface area (Å²) in [4.78, 5) is 0. The molecule has 3 saturated heterocycles. The second-order valence-electron chi connectivity index (χ2n) is 3.42. The molecule has 0 spiro atoms. The van der Waals surface area contributed by atoms with Crippen LogP contribution in [0.1, 0.15) is 6.42 Å². The van der Waals surface area contributed by atoms with Crippen molar-refractivity contribution < 1.29 is 14.6 Å². The minimum Gasteiger partial charge on any atom is -0.388 e. The molecule has 5 unspecified atom stereocenters. The monoisotopic (exact) mass is 142 g/mol. The van der Waals surface area contributed by atoms with Crippen LogP contribution in [0.5, 0.6) is 0 Å². The third-order valence-corrected chi connectivity index (χ3v) is 2.88. The minimum absolute atomic E-state index is 0.00347. The molecule has 3 heteroatoms. The molecule has 0 aromatic rings. The summed E-state index contributed by atoms with van der Waals surface area (Å²) in [5.41, 5.74) is 0. The van der Waals surface area contributed by atoms with Gasteiger partial charge in [0, 0.05) is 5.92 Å². The Morgan fingerprint density at radius 1 is 1.30 bits per heavy atom. The lowest BCUT2D eigenvalue weighted by atomic mass is 9.89. The lowest BCUT2D eigenvalue weighted by Gasteiger charge is -2.17. The van der Waals surface area contributed by atoms with Crippen molar-refractivity contribution in [3.8, 4) is 0 Å². The van der Waals surface area contributed by atoms with E-state index >= 15 is 0 Å². The van der Waals surface area contributed by atoms with E-state index in [1.165, 1.54) is 0 Å². The van der Waals surface area contributed by atoms with E-state index < -0.39 is 0 Å². The molecule has 3 aliphatic rings. The van der Waals surface area contributed by atoms with E-state index in [2.05, 4.69) is 0 Å². The largest absolute Gasteiger partial charge is 0.388 e. The number of aliphatic hydroxyl groups is 1. The third kappa shape index (κ3) is 0.447. The summed E-state index contributed by atoms with van der Waals surface area (Å²) in [5, 5.41) is 9.46. The minimum atomic E-state index is -0.344. The van der Waals surface area contributed by atoms with Crippen molar-refractivity contribution in [2.75, 3.05) is 6.61 Å². The topological polar surface area (TPSA) is 38.7 Å². The van der Waals surface area contributed by atoms with Gasteiger partial charge in [0.05, 0.1) is 18.8 Å². The SMILES string of the molecule is OC1C2CC3COC1C3O2. The van der Waals surface area contributed by atoms with Gasteiger partial charge in [-0.2, -0.15) is 0 Å². The highest BCUT2D eigenvalue weighted by Crippen LogP contribution is 2.45. The van der Waals surface area contributed by atoms with E-state index in [0.717, 1.165) is 13.0 Å². The Morgan fingerprint density at radius 2 is 2.20 bits per heavy atom. The van der Waals surface area contributed by atoms with Gasteiger partial charge >= 0.3 is 0 Å². The molecular formula is C7H10O3. The fourth-order valence-electron chi connectivity index (χ4n) is 2.36. The zero-order valence-electron chi connectivity index (χ0n) is 5.56. The molecular weight excluding hydrogens is 132 g/mol. The van der Waals surface area contributed by atoms with Crippen LogP contribution in [-0.2, 0) is 9.47 Å². The van der Waals surface area contributed by atoms with Crippen molar-refractivity contribution in [2.24, 2.45) is 5.92 Å². The van der Waals surface area contributed by atoms with Gasteiger partial charge in [-0.15, -0.1) is 0 Å². The van der Waals surface area contributed by atoms with Crippen molar-refractivity contribution in [3.05, 3.63) is 0 Å². The van der Waals surface area contributed by atoms with E-state index in [0.29, 0.717) is 5.92 Å². The Labute approximate surface area is 58.9 Å². The van der Waals surface area contributed by atoms with Crippen molar-refractivity contribution in [1.82, 2.24) is 0 Å². The Balaban J connectivity index is 2.00. The molecule has 5 atom stereocenters. The van der Waals surface area contributed by atoms with Gasteiger partial charge < -0.3 is 14.6 Å². The number of rotatable bonds is 0. The quantitative estimate of drug-likeness (QED) is 0.497. The van der Waals surface area contributed by atoms with Crippen LogP contribution < -0.4 is 0 Å². The van der Waals surface area contributed by atoms with Crippen molar-refractivity contribution in [3.63, 3.8) is 0 Å². The normalized spacial score (nSPS) is 63.9. The Morgan fingerprint density at radius 3 is 2.90 bits per heavy atom. The highest BCUT2D eigenvalue weighted by atomic mass is 16.6. The summed E-state index contributed by atoms with van der Waals surface area (Å²) in [7, 11) is 0. The number of hydrogen-bond acceptors (Lipinski definition) is 3. The summed E-state index contributed by atoms with van der Waals surface area (Å²) < 4.78 is 10.9. The van der Waals surface area contributed by atoms with Crippen LogP contribution in [0.15, 0.2) is 0 Å². The van der Waals surface area contributed by atoms with Crippen LogP contribution >= 0.6 is 0 Å². The molecule has 1 N–H and O–H groups in total. The average molecular weight is 142 g/mol. The maximum Gasteiger partial charge on any atom is 0.112 e. The van der Waals surface area contributed by atoms with Gasteiger partial charge in [-0.1, -0.05) is 0 Å². The summed E-state index contributed by atoms with van der Waals surface area (Å²) >= 11 is 0. The van der Waals surface area contributed by atoms with Crippen LogP contribution in [0.3, 0.4) is 0 Å². The lowest BCUT2D eigenvalue weighted by molar-refractivity contribution is 0.00896. The molecule has 3 rings (SSSR count). The first-order valence-corrected chi connectivity index (χ1v) is 3.81. The van der Waals surface area contributed by atoms with Crippen LogP contribution in [0, 0.1) is 5.92 Å². The molecule has 2 bridgehead atoms. The van der Waals surface area contributed by atoms with E-state index in [9.17, 15) is 5.11 Å². The zero-order valence-corrected chi connectivity index (χ0v) is 5.56. The van der Waals surface area contributed by atoms with Crippen LogP contribution in [0.4, 0.5) is 0 Å². The standard InChI is InChI=1S/C7H10O3/c8-5-4-1-3-2-9-7(5)6(3)10-4/h3-8H,1-2H2. The highest BCUT2D eigenvalue weighted by molar-refractivity contribution is 5.05. The molecule has 56 valence electrons. The second-order valence-corrected chi connectivity index (χ2v) is 3.42. The summed E-state index contributed by atoms with van der Waals surface area (Å²) in [6.45, 7) is 0.795. The molecule has 10 heavy (non-hydrogen) atoms. The van der Waals surface area contributed by atoms with Gasteiger partial charge in [0.2, 0.25) is 0 Å². The molecule has 0 aromatic carbocycles. The Bertz CT molecular complexity index is 168. The van der Waals surface area contributed by atoms with E-state index in [1.807, 2.05) is 0 Å². The van der Waals surface area contributed by atoms with E-state index in [4.69, 9.17) is 9.47 Å². The van der Waals surface area contributed by atoms with Gasteiger partial charge in [-0.25, -0.2) is 0 Å². The molecule has 0 aromatic heterocycles. The third-order valence-electron chi connectivity index (χ3n) is 2.88. The van der Waals surface area contributed by atoms with Gasteiger partial charge in [-0.05, 0) is 6.42 Å². The van der Waals surface area contributed by atoms with Crippen LogP contribution in [-0.4, -0.2) is 36.1 Å². The first-order chi connectivity index (χ1) is 4.86. The Hall–Kier alpha value is -0.120. The molecule has 0 radical (unpaired) electrons. The van der Waals surface area contributed by atoms with Gasteiger partial charge in [0.1, 0.15) is 12.2 Å². The maximum atomic E-state index is 9.46. The number of fused-ring (bicyclic) bond motifs is 1. The highest BCUT2D eigenvalue weighted by Gasteiger charge is 2.58. The van der Waals surface area contributed by atoms with Crippen molar-refractivity contribution >= 4 is 0 Å². The zero-order chi connectivity index (χ0) is 6.72. The second kappa shape index (κ2) is 1.55. The number of ether oxygens (including phenoxy) is 2. The summed E-state index contributed by atoms with van der Waals surface area (Å²) in [6.07, 6.45) is 0.970. The average Bonchev–Trinajstić information content (AvgIpc) is 2.43. The number of hydrogen-bond donors (Lipinski definition) is 1. The predicted octanol–water partition coefficient (Wildman–Crippen LogP) is -0.467. The van der Waals surface area contributed by atoms with Crippen LogP contribution in [0.2, 0.25) is 0 Å². The molecule has 3 heterocycles. The predicted molar refractivity (Wildman–Crippen MR) is 32.5 cm³/mol. The number of aliphatic hydroxyl groups excluding tert-OH is 1. The van der Waals surface area contributed by atoms with Gasteiger partial charge in [0.25, 0.3) is 0 Å². The fraction of sp³-hybridized carbons (Fsp3) is 1.00. The Kier molecular flexibility index (Phi) is 0.854. The fourth-order valence-corrected chi connectivity index (χ4v) is 2.36. The summed E-state index contributed by atoms with van der Waals surface area (Å²) in [6, 6.07) is 0. The van der Waals surface area contributed by atoms with Gasteiger partial charge in [-0.3, -0.25) is 0 Å². The maximum absolute atomic E-state index is 9.46. The van der Waals surface area contributed by atoms with Crippen LogP contribution in [0.25, 0.3) is 0 Å². The van der Waals surface area contributed by atoms with Crippen molar-refractivity contribution in [1.29, 1.82) is 0 Å². The first-order valence-electron chi connectivity index (χ1n) is 3.81. The van der Waals surface area contributed by atoms with Crippen molar-refractivity contribution in [2.45, 2.75) is 30.8 Å². The smallest absolute Gasteiger partial charge is 0.112 e. The van der Waals surface area contributed by atoms with E-state index in [-0.39, 0.29) is 24.4 Å².